The summed E-state index contributed by atoms with van der Waals surface area (Å²) in [4.78, 5) is 14.5. The number of ether oxygens (including phenoxy) is 3. The summed E-state index contributed by atoms with van der Waals surface area (Å²) < 4.78 is 43.1. The van der Waals surface area contributed by atoms with Gasteiger partial charge in [0.2, 0.25) is 10.0 Å². The van der Waals surface area contributed by atoms with Gasteiger partial charge in [0, 0.05) is 37.3 Å². The quantitative estimate of drug-likeness (QED) is 0.577. The van der Waals surface area contributed by atoms with Crippen LogP contribution in [-0.2, 0) is 19.6 Å². The fourth-order valence-corrected chi connectivity index (χ4v) is 5.14. The Morgan fingerprint density at radius 1 is 0.935 bits per heavy atom. The van der Waals surface area contributed by atoms with Crippen LogP contribution in [0.25, 0.3) is 0 Å². The molecule has 1 heterocycles. The van der Waals surface area contributed by atoms with Crippen LogP contribution in [0.5, 0.6) is 11.5 Å². The Hall–Kier alpha value is -2.33. The van der Waals surface area contributed by atoms with Crippen molar-refractivity contribution >= 4 is 27.6 Å². The average molecular weight is 469 g/mol. The van der Waals surface area contributed by atoms with Gasteiger partial charge in [-0.2, -0.15) is 4.31 Å². The highest BCUT2D eigenvalue weighted by atomic mass is 35.5. The standard InChI is InChI=1S/C21H25ClN2O6S/c1-28-18-9-8-17(14-19(18)29-2)31(26,27)24-12-10-23(11-13-24)20(21(25)30-3)15-4-6-16(22)7-5-15/h4-9,14,20H,10-13H2,1-3H3/t20-/m1/s1. The SMILES string of the molecule is COC(=O)[C@@H](c1ccc(Cl)cc1)N1CCN(S(=O)(=O)c2ccc(OC)c(OC)c2)CC1. The zero-order chi connectivity index (χ0) is 22.6. The summed E-state index contributed by atoms with van der Waals surface area (Å²) in [6.07, 6.45) is 0. The highest BCUT2D eigenvalue weighted by molar-refractivity contribution is 7.89. The Bertz CT molecular complexity index is 1020. The van der Waals surface area contributed by atoms with Gasteiger partial charge in [-0.05, 0) is 29.8 Å². The molecule has 1 aliphatic heterocycles. The lowest BCUT2D eigenvalue weighted by Crippen LogP contribution is -2.51. The third-order valence-corrected chi connectivity index (χ3v) is 7.39. The summed E-state index contributed by atoms with van der Waals surface area (Å²) in [5.74, 6) is 0.393. The van der Waals surface area contributed by atoms with Crippen LogP contribution in [0.4, 0.5) is 0 Å². The Balaban J connectivity index is 1.78. The molecule has 1 aliphatic rings. The highest BCUT2D eigenvalue weighted by Gasteiger charge is 2.35. The largest absolute Gasteiger partial charge is 0.493 e. The second kappa shape index (κ2) is 9.86. The van der Waals surface area contributed by atoms with Gasteiger partial charge in [-0.15, -0.1) is 0 Å². The minimum atomic E-state index is -3.73. The monoisotopic (exact) mass is 468 g/mol. The number of nitrogens with zero attached hydrogens (tertiary/aromatic N) is 2. The number of halogens is 1. The molecule has 31 heavy (non-hydrogen) atoms. The number of methoxy groups -OCH3 is 3. The predicted octanol–water partition coefficient (Wildman–Crippen LogP) is 2.58. The van der Waals surface area contributed by atoms with E-state index in [0.717, 1.165) is 5.56 Å². The van der Waals surface area contributed by atoms with Crippen LogP contribution in [0.1, 0.15) is 11.6 Å². The third-order valence-electron chi connectivity index (χ3n) is 5.24. The van der Waals surface area contributed by atoms with Gasteiger partial charge in [0.1, 0.15) is 6.04 Å². The molecule has 0 bridgehead atoms. The van der Waals surface area contributed by atoms with Gasteiger partial charge < -0.3 is 14.2 Å². The molecule has 1 fully saturated rings. The van der Waals surface area contributed by atoms with E-state index in [4.69, 9.17) is 25.8 Å². The van der Waals surface area contributed by atoms with E-state index in [1.165, 1.54) is 37.8 Å². The molecule has 0 aliphatic carbocycles. The predicted molar refractivity (Wildman–Crippen MR) is 116 cm³/mol. The average Bonchev–Trinajstić information content (AvgIpc) is 2.80. The topological polar surface area (TPSA) is 85.4 Å². The van der Waals surface area contributed by atoms with Gasteiger partial charge in [-0.25, -0.2) is 13.2 Å². The molecule has 0 aromatic heterocycles. The maximum atomic E-state index is 13.1. The Morgan fingerprint density at radius 3 is 2.10 bits per heavy atom. The number of hydrogen-bond acceptors (Lipinski definition) is 7. The van der Waals surface area contributed by atoms with Gasteiger partial charge in [-0.1, -0.05) is 23.7 Å². The molecule has 0 radical (unpaired) electrons. The Morgan fingerprint density at radius 2 is 1.55 bits per heavy atom. The van der Waals surface area contributed by atoms with Crippen molar-refractivity contribution in [1.29, 1.82) is 0 Å². The molecule has 0 unspecified atom stereocenters. The van der Waals surface area contributed by atoms with E-state index in [0.29, 0.717) is 29.6 Å². The Kier molecular flexibility index (Phi) is 7.42. The fourth-order valence-electron chi connectivity index (χ4n) is 3.58. The van der Waals surface area contributed by atoms with Crippen molar-refractivity contribution in [3.8, 4) is 11.5 Å². The highest BCUT2D eigenvalue weighted by Crippen LogP contribution is 2.32. The second-order valence-electron chi connectivity index (χ2n) is 6.93. The molecule has 0 amide bonds. The fraction of sp³-hybridized carbons (Fsp3) is 0.381. The van der Waals surface area contributed by atoms with Gasteiger partial charge in [0.25, 0.3) is 0 Å². The van der Waals surface area contributed by atoms with E-state index < -0.39 is 22.0 Å². The number of sulfonamides is 1. The summed E-state index contributed by atoms with van der Waals surface area (Å²) in [6.45, 7) is 1.21. The normalized spacial score (nSPS) is 16.5. The summed E-state index contributed by atoms with van der Waals surface area (Å²) in [5, 5.41) is 0.568. The molecule has 10 heteroatoms. The van der Waals surface area contributed by atoms with Crippen molar-refractivity contribution < 1.29 is 27.4 Å². The number of hydrogen-bond donors (Lipinski definition) is 0. The lowest BCUT2D eigenvalue weighted by molar-refractivity contribution is -0.147. The van der Waals surface area contributed by atoms with E-state index in [-0.39, 0.29) is 18.0 Å². The molecule has 2 aromatic carbocycles. The van der Waals surface area contributed by atoms with E-state index in [2.05, 4.69) is 0 Å². The van der Waals surface area contributed by atoms with Gasteiger partial charge in [0.05, 0.1) is 26.2 Å². The van der Waals surface area contributed by atoms with E-state index in [9.17, 15) is 13.2 Å². The first-order valence-electron chi connectivity index (χ1n) is 9.61. The lowest BCUT2D eigenvalue weighted by Gasteiger charge is -2.37. The van der Waals surface area contributed by atoms with Gasteiger partial charge >= 0.3 is 5.97 Å². The van der Waals surface area contributed by atoms with E-state index in [1.807, 2.05) is 4.90 Å². The molecule has 0 spiro atoms. The van der Waals surface area contributed by atoms with Crippen LogP contribution in [0.2, 0.25) is 5.02 Å². The second-order valence-corrected chi connectivity index (χ2v) is 9.31. The number of piperazine rings is 1. The van der Waals surface area contributed by atoms with Gasteiger partial charge in [0.15, 0.2) is 11.5 Å². The molecule has 168 valence electrons. The number of carbonyl (C=O) groups excluding carboxylic acids is 1. The number of benzene rings is 2. The zero-order valence-corrected chi connectivity index (χ0v) is 19.1. The van der Waals surface area contributed by atoms with Crippen LogP contribution < -0.4 is 9.47 Å². The first kappa shape index (κ1) is 23.3. The van der Waals surface area contributed by atoms with Crippen LogP contribution in [0, 0.1) is 0 Å². The molecule has 0 N–H and O–H groups in total. The van der Waals surface area contributed by atoms with Crippen molar-refractivity contribution in [2.24, 2.45) is 0 Å². The summed E-state index contributed by atoms with van der Waals surface area (Å²) in [6, 6.07) is 10.9. The number of carbonyl (C=O) groups is 1. The number of esters is 1. The third kappa shape index (κ3) is 4.95. The summed E-state index contributed by atoms with van der Waals surface area (Å²) in [5.41, 5.74) is 0.743. The summed E-state index contributed by atoms with van der Waals surface area (Å²) >= 11 is 5.96. The van der Waals surface area contributed by atoms with Crippen molar-refractivity contribution in [2.75, 3.05) is 47.5 Å². The van der Waals surface area contributed by atoms with Gasteiger partial charge in [-0.3, -0.25) is 4.90 Å². The van der Waals surface area contributed by atoms with Crippen molar-refractivity contribution in [3.05, 3.63) is 53.1 Å². The molecule has 3 rings (SSSR count). The minimum absolute atomic E-state index is 0.126. The van der Waals surface area contributed by atoms with Crippen molar-refractivity contribution in [1.82, 2.24) is 9.21 Å². The molecular formula is C21H25ClN2O6S. The molecule has 1 saturated heterocycles. The molecule has 1 atom stereocenters. The molecule has 8 nitrogen and oxygen atoms in total. The minimum Gasteiger partial charge on any atom is -0.493 e. The number of rotatable bonds is 7. The van der Waals surface area contributed by atoms with Crippen molar-refractivity contribution in [2.45, 2.75) is 10.9 Å². The maximum Gasteiger partial charge on any atom is 0.327 e. The van der Waals surface area contributed by atoms with Crippen LogP contribution in [0.3, 0.4) is 0 Å². The maximum absolute atomic E-state index is 13.1. The van der Waals surface area contributed by atoms with E-state index >= 15 is 0 Å². The first-order chi connectivity index (χ1) is 14.8. The molecular weight excluding hydrogens is 444 g/mol. The molecule has 2 aromatic rings. The van der Waals surface area contributed by atoms with E-state index in [1.54, 1.807) is 30.3 Å². The zero-order valence-electron chi connectivity index (χ0n) is 17.6. The van der Waals surface area contributed by atoms with Crippen LogP contribution >= 0.6 is 11.6 Å². The van der Waals surface area contributed by atoms with Crippen LogP contribution in [0.15, 0.2) is 47.4 Å². The lowest BCUT2D eigenvalue weighted by atomic mass is 10.0. The van der Waals surface area contributed by atoms with Crippen LogP contribution in [-0.4, -0.2) is 71.1 Å². The summed E-state index contributed by atoms with van der Waals surface area (Å²) in [7, 11) is 0.554. The smallest absolute Gasteiger partial charge is 0.327 e. The first-order valence-corrected chi connectivity index (χ1v) is 11.4. The Labute approximate surface area is 187 Å². The van der Waals surface area contributed by atoms with Crippen molar-refractivity contribution in [3.63, 3.8) is 0 Å². The molecule has 0 saturated carbocycles.